The number of carbonyl (C=O) groups is 1. The van der Waals surface area contributed by atoms with E-state index >= 15 is 0 Å². The molecular weight excluding hydrogens is 295 g/mol. The number of carboxylic acid groups (broad SMARTS) is 1. The highest BCUT2D eigenvalue weighted by atomic mass is 35.5. The number of rotatable bonds is 4. The van der Waals surface area contributed by atoms with Gasteiger partial charge in [-0.05, 0) is 30.5 Å². The summed E-state index contributed by atoms with van der Waals surface area (Å²) in [6, 6.07) is 12.8. The Morgan fingerprint density at radius 1 is 1.20 bits per heavy atom. The number of aliphatic carboxylic acids is 1. The molecule has 0 saturated carbocycles. The predicted octanol–water partition coefficient (Wildman–Crippen LogP) is 4.71. The number of carboxylic acids is 1. The molecule has 1 N–H and O–H groups in total. The summed E-state index contributed by atoms with van der Waals surface area (Å²) in [5.41, 5.74) is 2.55. The molecule has 0 aliphatic heterocycles. The zero-order valence-corrected chi connectivity index (χ0v) is 12.4. The Bertz CT molecular complexity index is 638. The molecule has 20 heavy (non-hydrogen) atoms. The van der Waals surface area contributed by atoms with Gasteiger partial charge in [-0.3, -0.25) is 4.79 Å². The molecule has 0 heterocycles. The first kappa shape index (κ1) is 14.9. The van der Waals surface area contributed by atoms with Gasteiger partial charge >= 0.3 is 5.97 Å². The van der Waals surface area contributed by atoms with Gasteiger partial charge in [0.25, 0.3) is 0 Å². The molecule has 4 heteroatoms. The predicted molar refractivity (Wildman–Crippen MR) is 81.7 cm³/mol. The Kier molecular flexibility index (Phi) is 4.69. The molecule has 2 rings (SSSR count). The standard InChI is InChI=1S/C16H14Cl2O2/c1-10-4-2-5-11(8-10)13(16(19)20)9-12-6-3-7-14(17)15(12)18/h2-8,13H,9H2,1H3,(H,19,20). The van der Waals surface area contributed by atoms with Gasteiger partial charge < -0.3 is 5.11 Å². The van der Waals surface area contributed by atoms with Gasteiger partial charge in [-0.15, -0.1) is 0 Å². The van der Waals surface area contributed by atoms with Gasteiger partial charge in [0.2, 0.25) is 0 Å². The van der Waals surface area contributed by atoms with Gasteiger partial charge in [0.05, 0.1) is 16.0 Å². The molecule has 0 saturated heterocycles. The van der Waals surface area contributed by atoms with Crippen molar-refractivity contribution in [2.24, 2.45) is 0 Å². The third kappa shape index (κ3) is 3.33. The van der Waals surface area contributed by atoms with Crippen LogP contribution in [-0.4, -0.2) is 11.1 Å². The summed E-state index contributed by atoms with van der Waals surface area (Å²) in [5, 5.41) is 10.3. The third-order valence-electron chi connectivity index (χ3n) is 3.20. The summed E-state index contributed by atoms with van der Waals surface area (Å²) in [6.07, 6.45) is 0.318. The van der Waals surface area contributed by atoms with E-state index in [0.29, 0.717) is 16.5 Å². The van der Waals surface area contributed by atoms with Crippen LogP contribution in [-0.2, 0) is 11.2 Å². The smallest absolute Gasteiger partial charge is 0.311 e. The van der Waals surface area contributed by atoms with Crippen LogP contribution in [0.25, 0.3) is 0 Å². The maximum absolute atomic E-state index is 11.5. The van der Waals surface area contributed by atoms with E-state index in [-0.39, 0.29) is 0 Å². The van der Waals surface area contributed by atoms with Crippen molar-refractivity contribution in [1.29, 1.82) is 0 Å². The monoisotopic (exact) mass is 308 g/mol. The summed E-state index contributed by atoms with van der Waals surface area (Å²) in [4.78, 5) is 11.5. The van der Waals surface area contributed by atoms with Crippen molar-refractivity contribution in [3.63, 3.8) is 0 Å². The lowest BCUT2D eigenvalue weighted by molar-refractivity contribution is -0.138. The minimum Gasteiger partial charge on any atom is -0.481 e. The SMILES string of the molecule is Cc1cccc(C(Cc2cccc(Cl)c2Cl)C(=O)O)c1. The highest BCUT2D eigenvalue weighted by Crippen LogP contribution is 2.30. The molecule has 0 aliphatic carbocycles. The second kappa shape index (κ2) is 6.29. The lowest BCUT2D eigenvalue weighted by Crippen LogP contribution is -2.14. The van der Waals surface area contributed by atoms with Crippen LogP contribution in [0.3, 0.4) is 0 Å². The number of hydrogen-bond acceptors (Lipinski definition) is 1. The van der Waals surface area contributed by atoms with Gasteiger partial charge in [0, 0.05) is 0 Å². The number of aryl methyl sites for hydroxylation is 1. The van der Waals surface area contributed by atoms with Crippen molar-refractivity contribution in [3.8, 4) is 0 Å². The van der Waals surface area contributed by atoms with Crippen molar-refractivity contribution >= 4 is 29.2 Å². The molecule has 104 valence electrons. The van der Waals surface area contributed by atoms with Gasteiger partial charge in [-0.25, -0.2) is 0 Å². The van der Waals surface area contributed by atoms with Crippen LogP contribution in [0.4, 0.5) is 0 Å². The first-order chi connectivity index (χ1) is 9.49. The maximum atomic E-state index is 11.5. The van der Waals surface area contributed by atoms with Crippen LogP contribution in [0.5, 0.6) is 0 Å². The van der Waals surface area contributed by atoms with E-state index in [9.17, 15) is 9.90 Å². The Hall–Kier alpha value is -1.51. The molecular formula is C16H14Cl2O2. The second-order valence-corrected chi connectivity index (χ2v) is 5.51. The van der Waals surface area contributed by atoms with Crippen LogP contribution in [0.15, 0.2) is 42.5 Å². The van der Waals surface area contributed by atoms with Crippen molar-refractivity contribution in [2.45, 2.75) is 19.3 Å². The van der Waals surface area contributed by atoms with Crippen molar-refractivity contribution in [2.75, 3.05) is 0 Å². The summed E-state index contributed by atoms with van der Waals surface area (Å²) < 4.78 is 0. The van der Waals surface area contributed by atoms with Gasteiger partial charge in [0.15, 0.2) is 0 Å². The van der Waals surface area contributed by atoms with Gasteiger partial charge in [-0.2, -0.15) is 0 Å². The fraction of sp³-hybridized carbons (Fsp3) is 0.188. The molecule has 2 aromatic rings. The van der Waals surface area contributed by atoms with Crippen LogP contribution < -0.4 is 0 Å². The molecule has 2 nitrogen and oxygen atoms in total. The zero-order valence-electron chi connectivity index (χ0n) is 10.9. The summed E-state index contributed by atoms with van der Waals surface area (Å²) in [6.45, 7) is 1.94. The fourth-order valence-corrected chi connectivity index (χ4v) is 2.56. The average molecular weight is 309 g/mol. The van der Waals surface area contributed by atoms with Crippen LogP contribution >= 0.6 is 23.2 Å². The maximum Gasteiger partial charge on any atom is 0.311 e. The normalized spacial score (nSPS) is 12.2. The summed E-state index contributed by atoms with van der Waals surface area (Å²) >= 11 is 12.1. The third-order valence-corrected chi connectivity index (χ3v) is 4.06. The lowest BCUT2D eigenvalue weighted by Gasteiger charge is -2.15. The van der Waals surface area contributed by atoms with Crippen LogP contribution in [0, 0.1) is 6.92 Å². The van der Waals surface area contributed by atoms with Crippen molar-refractivity contribution in [1.82, 2.24) is 0 Å². The fourth-order valence-electron chi connectivity index (χ4n) is 2.16. The average Bonchev–Trinajstić information content (AvgIpc) is 2.40. The first-order valence-corrected chi connectivity index (χ1v) is 6.97. The topological polar surface area (TPSA) is 37.3 Å². The highest BCUT2D eigenvalue weighted by Gasteiger charge is 2.22. The Morgan fingerprint density at radius 2 is 1.90 bits per heavy atom. The quantitative estimate of drug-likeness (QED) is 0.888. The van der Waals surface area contributed by atoms with Crippen molar-refractivity contribution < 1.29 is 9.90 Å². The Labute approximate surface area is 128 Å². The summed E-state index contributed by atoms with van der Waals surface area (Å²) in [5.74, 6) is -1.50. The first-order valence-electron chi connectivity index (χ1n) is 6.21. The largest absolute Gasteiger partial charge is 0.481 e. The Morgan fingerprint density at radius 3 is 2.55 bits per heavy atom. The van der Waals surface area contributed by atoms with Crippen LogP contribution in [0.2, 0.25) is 10.0 Å². The molecule has 0 amide bonds. The van der Waals surface area contributed by atoms with Gasteiger partial charge in [0.1, 0.15) is 0 Å². The molecule has 0 aromatic heterocycles. The molecule has 0 spiro atoms. The van der Waals surface area contributed by atoms with E-state index in [1.165, 1.54) is 0 Å². The highest BCUT2D eigenvalue weighted by molar-refractivity contribution is 6.42. The molecule has 0 fully saturated rings. The number of hydrogen-bond donors (Lipinski definition) is 1. The molecule has 0 bridgehead atoms. The van der Waals surface area contributed by atoms with E-state index < -0.39 is 11.9 Å². The van der Waals surface area contributed by atoms with E-state index in [0.717, 1.165) is 16.7 Å². The van der Waals surface area contributed by atoms with E-state index in [1.54, 1.807) is 18.2 Å². The molecule has 0 radical (unpaired) electrons. The van der Waals surface area contributed by atoms with Crippen LogP contribution in [0.1, 0.15) is 22.6 Å². The molecule has 1 unspecified atom stereocenters. The minimum atomic E-state index is -0.869. The Balaban J connectivity index is 2.36. The number of benzene rings is 2. The van der Waals surface area contributed by atoms with E-state index in [4.69, 9.17) is 23.2 Å². The minimum absolute atomic E-state index is 0.318. The zero-order chi connectivity index (χ0) is 14.7. The number of halogens is 2. The van der Waals surface area contributed by atoms with Crippen molar-refractivity contribution in [3.05, 3.63) is 69.2 Å². The van der Waals surface area contributed by atoms with E-state index in [1.807, 2.05) is 31.2 Å². The molecule has 0 aliphatic rings. The van der Waals surface area contributed by atoms with E-state index in [2.05, 4.69) is 0 Å². The molecule has 1 atom stereocenters. The summed E-state index contributed by atoms with van der Waals surface area (Å²) in [7, 11) is 0. The lowest BCUT2D eigenvalue weighted by atomic mass is 9.91. The molecule has 2 aromatic carbocycles. The second-order valence-electron chi connectivity index (χ2n) is 4.72. The van der Waals surface area contributed by atoms with Gasteiger partial charge in [-0.1, -0.05) is 65.2 Å².